The van der Waals surface area contributed by atoms with E-state index in [1.165, 1.54) is 11.8 Å². The summed E-state index contributed by atoms with van der Waals surface area (Å²) in [6.07, 6.45) is 0. The lowest BCUT2D eigenvalue weighted by Crippen LogP contribution is -2.17. The van der Waals surface area contributed by atoms with Crippen molar-refractivity contribution in [2.45, 2.75) is 11.8 Å². The Labute approximate surface area is 163 Å². The Kier molecular flexibility index (Phi) is 6.00. The molecule has 0 spiro atoms. The molecular formula is C19H17BrN2O3S. The maximum atomic E-state index is 12.4. The quantitative estimate of drug-likeness (QED) is 0.431. The summed E-state index contributed by atoms with van der Waals surface area (Å²) in [5.74, 6) is -0.441. The van der Waals surface area contributed by atoms with Gasteiger partial charge in [-0.15, -0.1) is 11.8 Å². The number of fused-ring (bicyclic) bond motifs is 1. The van der Waals surface area contributed by atoms with Crippen LogP contribution in [0, 0.1) is 0 Å². The number of aromatic nitrogens is 1. The molecule has 3 aromatic rings. The summed E-state index contributed by atoms with van der Waals surface area (Å²) in [7, 11) is 0. The van der Waals surface area contributed by atoms with Gasteiger partial charge in [-0.3, -0.25) is 4.79 Å². The number of ether oxygens (including phenoxy) is 1. The molecule has 7 heteroatoms. The maximum Gasteiger partial charge on any atom is 0.356 e. The number of halogens is 1. The number of hydrogen-bond donors (Lipinski definition) is 2. The maximum absolute atomic E-state index is 12.4. The van der Waals surface area contributed by atoms with Crippen LogP contribution in [0.1, 0.15) is 17.4 Å². The fraction of sp³-hybridized carbons (Fsp3) is 0.158. The average molecular weight is 433 g/mol. The molecule has 3 rings (SSSR count). The van der Waals surface area contributed by atoms with Crippen LogP contribution < -0.4 is 5.32 Å². The summed E-state index contributed by atoms with van der Waals surface area (Å²) >= 11 is 4.86. The van der Waals surface area contributed by atoms with E-state index in [9.17, 15) is 9.59 Å². The number of nitrogens with one attached hydrogen (secondary N) is 2. The molecule has 26 heavy (non-hydrogen) atoms. The van der Waals surface area contributed by atoms with Crippen molar-refractivity contribution < 1.29 is 14.3 Å². The molecule has 5 nitrogen and oxygen atoms in total. The second-order valence-electron chi connectivity index (χ2n) is 5.44. The minimum Gasteiger partial charge on any atom is -0.461 e. The van der Waals surface area contributed by atoms with E-state index >= 15 is 0 Å². The largest absolute Gasteiger partial charge is 0.461 e. The minimum absolute atomic E-state index is 0.190. The zero-order valence-electron chi connectivity index (χ0n) is 14.0. The predicted octanol–water partition coefficient (Wildman–Crippen LogP) is 4.84. The first-order valence-electron chi connectivity index (χ1n) is 8.04. The molecule has 134 valence electrons. The summed E-state index contributed by atoms with van der Waals surface area (Å²) in [6.45, 7) is 2.00. The molecule has 1 amide bonds. The van der Waals surface area contributed by atoms with Crippen molar-refractivity contribution in [3.63, 3.8) is 0 Å². The van der Waals surface area contributed by atoms with Gasteiger partial charge < -0.3 is 15.0 Å². The van der Waals surface area contributed by atoms with Crippen molar-refractivity contribution in [1.82, 2.24) is 4.98 Å². The zero-order valence-corrected chi connectivity index (χ0v) is 16.4. The molecule has 1 aromatic heterocycles. The van der Waals surface area contributed by atoms with Crippen LogP contribution in [0.4, 0.5) is 5.69 Å². The molecule has 0 aliphatic carbocycles. The van der Waals surface area contributed by atoms with E-state index in [1.54, 1.807) is 6.92 Å². The van der Waals surface area contributed by atoms with Crippen molar-refractivity contribution in [3.8, 4) is 0 Å². The van der Waals surface area contributed by atoms with Crippen LogP contribution in [0.25, 0.3) is 10.9 Å². The number of carbonyl (C=O) groups excluding carboxylic acids is 2. The van der Waals surface area contributed by atoms with Crippen LogP contribution in [0.2, 0.25) is 0 Å². The van der Waals surface area contributed by atoms with Crippen LogP contribution in [0.5, 0.6) is 0 Å². The highest BCUT2D eigenvalue weighted by atomic mass is 79.9. The minimum atomic E-state index is -0.495. The van der Waals surface area contributed by atoms with Gasteiger partial charge in [0, 0.05) is 20.3 Å². The molecule has 0 unspecified atom stereocenters. The highest BCUT2D eigenvalue weighted by molar-refractivity contribution is 9.10. The first kappa shape index (κ1) is 18.5. The van der Waals surface area contributed by atoms with Crippen LogP contribution in [-0.2, 0) is 9.53 Å². The Morgan fingerprint density at radius 2 is 1.96 bits per heavy atom. The molecule has 2 aromatic carbocycles. The van der Waals surface area contributed by atoms with Gasteiger partial charge in [0.25, 0.3) is 0 Å². The molecule has 0 saturated heterocycles. The van der Waals surface area contributed by atoms with Gasteiger partial charge >= 0.3 is 5.97 Å². The second-order valence-corrected chi connectivity index (χ2v) is 7.40. The fourth-order valence-electron chi connectivity index (χ4n) is 2.49. The van der Waals surface area contributed by atoms with E-state index in [4.69, 9.17) is 4.74 Å². The lowest BCUT2D eigenvalue weighted by molar-refractivity contribution is -0.113. The van der Waals surface area contributed by atoms with E-state index < -0.39 is 5.97 Å². The van der Waals surface area contributed by atoms with Gasteiger partial charge in [-0.2, -0.15) is 0 Å². The number of aromatic amines is 1. The molecule has 0 aliphatic rings. The smallest absolute Gasteiger partial charge is 0.356 e. The number of rotatable bonds is 6. The molecule has 0 saturated carbocycles. The third-order valence-electron chi connectivity index (χ3n) is 3.62. The summed E-state index contributed by atoms with van der Waals surface area (Å²) in [4.78, 5) is 28.7. The van der Waals surface area contributed by atoms with Crippen molar-refractivity contribution >= 4 is 56.2 Å². The standard InChI is InChI=1S/C19H17BrN2O3S/c1-2-25-19(24)18-17(14-10-12(20)8-9-15(14)21-18)22-16(23)11-26-13-6-4-3-5-7-13/h3-10,21H,2,11H2,1H3,(H,22,23). The number of benzene rings is 2. The van der Waals surface area contributed by atoms with E-state index in [2.05, 4.69) is 26.2 Å². The van der Waals surface area contributed by atoms with Gasteiger partial charge in [0.1, 0.15) is 5.69 Å². The first-order chi connectivity index (χ1) is 12.6. The van der Waals surface area contributed by atoms with Gasteiger partial charge in [0.2, 0.25) is 5.91 Å². The van der Waals surface area contributed by atoms with Gasteiger partial charge in [-0.1, -0.05) is 34.1 Å². The number of anilines is 1. The highest BCUT2D eigenvalue weighted by Crippen LogP contribution is 2.31. The molecule has 1 heterocycles. The predicted molar refractivity (Wildman–Crippen MR) is 108 cm³/mol. The Bertz CT molecular complexity index is 941. The molecule has 0 bridgehead atoms. The number of carbonyl (C=O) groups is 2. The van der Waals surface area contributed by atoms with Gasteiger partial charge in [0.15, 0.2) is 0 Å². The average Bonchev–Trinajstić information content (AvgIpc) is 2.99. The normalized spacial score (nSPS) is 10.7. The molecule has 0 aliphatic heterocycles. The lowest BCUT2D eigenvalue weighted by Gasteiger charge is -2.07. The summed E-state index contributed by atoms with van der Waals surface area (Å²) in [5.41, 5.74) is 1.44. The fourth-order valence-corrected chi connectivity index (χ4v) is 3.57. The van der Waals surface area contributed by atoms with E-state index in [1.807, 2.05) is 48.5 Å². The Morgan fingerprint density at radius 1 is 1.19 bits per heavy atom. The third kappa shape index (κ3) is 4.28. The second kappa shape index (κ2) is 8.42. The SMILES string of the molecule is CCOC(=O)c1[nH]c2ccc(Br)cc2c1NC(=O)CSc1ccccc1. The zero-order chi connectivity index (χ0) is 18.5. The van der Waals surface area contributed by atoms with Crippen LogP contribution in [0.15, 0.2) is 57.9 Å². The van der Waals surface area contributed by atoms with Crippen LogP contribution in [-0.4, -0.2) is 29.2 Å². The van der Waals surface area contributed by atoms with E-state index in [0.717, 1.165) is 20.3 Å². The molecule has 0 radical (unpaired) electrons. The van der Waals surface area contributed by atoms with E-state index in [-0.39, 0.29) is 24.0 Å². The Hall–Kier alpha value is -2.25. The first-order valence-corrected chi connectivity index (χ1v) is 9.82. The van der Waals surface area contributed by atoms with Crippen molar-refractivity contribution in [2.75, 3.05) is 17.7 Å². The summed E-state index contributed by atoms with van der Waals surface area (Å²) in [6, 6.07) is 15.2. The number of hydrogen-bond acceptors (Lipinski definition) is 4. The summed E-state index contributed by atoms with van der Waals surface area (Å²) in [5, 5.41) is 3.61. The Morgan fingerprint density at radius 3 is 2.69 bits per heavy atom. The Balaban J connectivity index is 1.84. The third-order valence-corrected chi connectivity index (χ3v) is 5.12. The van der Waals surface area contributed by atoms with Crippen LogP contribution in [0.3, 0.4) is 0 Å². The van der Waals surface area contributed by atoms with Gasteiger partial charge in [0.05, 0.1) is 18.0 Å². The number of H-pyrrole nitrogens is 1. The van der Waals surface area contributed by atoms with E-state index in [0.29, 0.717) is 5.69 Å². The monoisotopic (exact) mass is 432 g/mol. The number of thioether (sulfide) groups is 1. The van der Waals surface area contributed by atoms with Crippen molar-refractivity contribution in [3.05, 3.63) is 58.7 Å². The molecule has 2 N–H and O–H groups in total. The van der Waals surface area contributed by atoms with Crippen LogP contribution >= 0.6 is 27.7 Å². The molecule has 0 atom stereocenters. The molecular weight excluding hydrogens is 416 g/mol. The molecule has 0 fully saturated rings. The summed E-state index contributed by atoms with van der Waals surface area (Å²) < 4.78 is 5.96. The number of amides is 1. The van der Waals surface area contributed by atoms with Gasteiger partial charge in [-0.05, 0) is 37.3 Å². The van der Waals surface area contributed by atoms with Crippen molar-refractivity contribution in [1.29, 1.82) is 0 Å². The highest BCUT2D eigenvalue weighted by Gasteiger charge is 2.21. The van der Waals surface area contributed by atoms with Gasteiger partial charge in [-0.25, -0.2) is 4.79 Å². The number of esters is 1. The lowest BCUT2D eigenvalue weighted by atomic mass is 10.2. The van der Waals surface area contributed by atoms with Crippen molar-refractivity contribution in [2.24, 2.45) is 0 Å². The topological polar surface area (TPSA) is 71.2 Å².